The van der Waals surface area contributed by atoms with Crippen molar-refractivity contribution in [2.75, 3.05) is 10.6 Å². The fourth-order valence-corrected chi connectivity index (χ4v) is 2.12. The molecule has 0 spiro atoms. The number of hydrogen-bond donors (Lipinski definition) is 3. The molecule has 110 valence electrons. The molecule has 0 fully saturated rings. The number of benzene rings is 2. The van der Waals surface area contributed by atoms with E-state index in [1.807, 2.05) is 61.5 Å². The number of imidazole rings is 1. The number of rotatable bonds is 3. The molecule has 0 bridgehead atoms. The second kappa shape index (κ2) is 6.13. The van der Waals surface area contributed by atoms with Crippen LogP contribution in [0.5, 0.6) is 0 Å². The molecule has 1 heterocycles. The molecule has 0 aliphatic rings. The quantitative estimate of drug-likeness (QED) is 0.682. The van der Waals surface area contributed by atoms with E-state index in [-0.39, 0.29) is 6.03 Å². The Morgan fingerprint density at radius 3 is 2.18 bits per heavy atom. The molecule has 0 unspecified atom stereocenters. The molecule has 1 aromatic heterocycles. The van der Waals surface area contributed by atoms with Gasteiger partial charge in [-0.3, -0.25) is 0 Å². The zero-order valence-corrected chi connectivity index (χ0v) is 12.1. The first-order valence-electron chi connectivity index (χ1n) is 6.96. The fourth-order valence-electron chi connectivity index (χ4n) is 2.12. The third-order valence-corrected chi connectivity index (χ3v) is 3.19. The fraction of sp³-hybridized carbons (Fsp3) is 0.0588. The molecular formula is C17H16N4O. The highest BCUT2D eigenvalue weighted by molar-refractivity contribution is 5.99. The van der Waals surface area contributed by atoms with Gasteiger partial charge >= 0.3 is 6.03 Å². The normalized spacial score (nSPS) is 10.2. The standard InChI is InChI=1S/C17H16N4O/c1-12-18-11-16(19-12)13-7-9-15(10-8-13)21-17(22)20-14-5-3-2-4-6-14/h2-11H,1H3,(H,18,19)(H2,20,21,22). The number of hydrogen-bond acceptors (Lipinski definition) is 2. The van der Waals surface area contributed by atoms with Gasteiger partial charge in [-0.25, -0.2) is 9.78 Å². The summed E-state index contributed by atoms with van der Waals surface area (Å²) in [6, 6.07) is 16.6. The van der Waals surface area contributed by atoms with Crippen molar-refractivity contribution in [1.29, 1.82) is 0 Å². The van der Waals surface area contributed by atoms with Gasteiger partial charge in [0.15, 0.2) is 0 Å². The summed E-state index contributed by atoms with van der Waals surface area (Å²) in [7, 11) is 0. The molecule has 0 atom stereocenters. The van der Waals surface area contributed by atoms with E-state index in [2.05, 4.69) is 20.6 Å². The lowest BCUT2D eigenvalue weighted by molar-refractivity contribution is 0.262. The van der Waals surface area contributed by atoms with Crippen LogP contribution in [0.15, 0.2) is 60.8 Å². The van der Waals surface area contributed by atoms with E-state index < -0.39 is 0 Å². The number of carbonyl (C=O) groups excluding carboxylic acids is 1. The number of nitrogens with one attached hydrogen (secondary N) is 3. The topological polar surface area (TPSA) is 69.8 Å². The first kappa shape index (κ1) is 13.9. The van der Waals surface area contributed by atoms with Crippen molar-refractivity contribution in [2.24, 2.45) is 0 Å². The molecule has 2 aromatic carbocycles. The molecule has 2 amide bonds. The summed E-state index contributed by atoms with van der Waals surface area (Å²) >= 11 is 0. The minimum absolute atomic E-state index is 0.267. The molecule has 3 aromatic rings. The van der Waals surface area contributed by atoms with Crippen LogP contribution in [0.3, 0.4) is 0 Å². The summed E-state index contributed by atoms with van der Waals surface area (Å²) in [4.78, 5) is 19.3. The van der Waals surface area contributed by atoms with E-state index in [0.29, 0.717) is 0 Å². The minimum atomic E-state index is -0.267. The average Bonchev–Trinajstić information content (AvgIpc) is 2.95. The number of aromatic nitrogens is 2. The second-order valence-corrected chi connectivity index (χ2v) is 4.90. The highest BCUT2D eigenvalue weighted by Crippen LogP contribution is 2.19. The highest BCUT2D eigenvalue weighted by atomic mass is 16.2. The lowest BCUT2D eigenvalue weighted by Gasteiger charge is -2.08. The summed E-state index contributed by atoms with van der Waals surface area (Å²) in [5, 5.41) is 5.57. The number of H-pyrrole nitrogens is 1. The predicted octanol–water partition coefficient (Wildman–Crippen LogP) is 4.03. The van der Waals surface area contributed by atoms with Crippen LogP contribution in [0.25, 0.3) is 11.3 Å². The monoisotopic (exact) mass is 292 g/mol. The first-order valence-corrected chi connectivity index (χ1v) is 6.96. The van der Waals surface area contributed by atoms with Gasteiger partial charge in [-0.15, -0.1) is 0 Å². The smallest absolute Gasteiger partial charge is 0.323 e. The van der Waals surface area contributed by atoms with E-state index in [1.54, 1.807) is 6.20 Å². The lowest BCUT2D eigenvalue weighted by Crippen LogP contribution is -2.19. The molecule has 3 N–H and O–H groups in total. The van der Waals surface area contributed by atoms with Gasteiger partial charge in [-0.1, -0.05) is 30.3 Å². The number of urea groups is 1. The molecule has 0 saturated carbocycles. The van der Waals surface area contributed by atoms with Crippen molar-refractivity contribution in [3.63, 3.8) is 0 Å². The van der Waals surface area contributed by atoms with Gasteiger partial charge in [0.2, 0.25) is 0 Å². The van der Waals surface area contributed by atoms with E-state index in [0.717, 1.165) is 28.5 Å². The molecule has 0 aliphatic heterocycles. The van der Waals surface area contributed by atoms with E-state index >= 15 is 0 Å². The lowest BCUT2D eigenvalue weighted by atomic mass is 10.1. The molecule has 0 aliphatic carbocycles. The Balaban J connectivity index is 1.65. The number of aryl methyl sites for hydroxylation is 1. The van der Waals surface area contributed by atoms with Crippen molar-refractivity contribution < 1.29 is 4.79 Å². The van der Waals surface area contributed by atoms with Crippen LogP contribution in [0, 0.1) is 6.92 Å². The van der Waals surface area contributed by atoms with Gasteiger partial charge < -0.3 is 15.6 Å². The number of para-hydroxylation sites is 1. The average molecular weight is 292 g/mol. The number of carbonyl (C=O) groups is 1. The third-order valence-electron chi connectivity index (χ3n) is 3.19. The first-order chi connectivity index (χ1) is 10.7. The Morgan fingerprint density at radius 1 is 0.955 bits per heavy atom. The van der Waals surface area contributed by atoms with Gasteiger partial charge in [0, 0.05) is 11.4 Å². The second-order valence-electron chi connectivity index (χ2n) is 4.90. The Kier molecular flexibility index (Phi) is 3.87. The molecule has 22 heavy (non-hydrogen) atoms. The van der Waals surface area contributed by atoms with Gasteiger partial charge in [0.05, 0.1) is 11.9 Å². The molecular weight excluding hydrogens is 276 g/mol. The van der Waals surface area contributed by atoms with Crippen LogP contribution in [-0.4, -0.2) is 16.0 Å². The molecule has 0 radical (unpaired) electrons. The number of aromatic amines is 1. The Labute approximate surface area is 128 Å². The highest BCUT2D eigenvalue weighted by Gasteiger charge is 2.04. The number of nitrogens with zero attached hydrogens (tertiary/aromatic N) is 1. The van der Waals surface area contributed by atoms with Crippen LogP contribution in [0.2, 0.25) is 0 Å². The van der Waals surface area contributed by atoms with Gasteiger partial charge in [0.1, 0.15) is 5.82 Å². The molecule has 3 rings (SSSR count). The summed E-state index contributed by atoms with van der Waals surface area (Å²) < 4.78 is 0. The Morgan fingerprint density at radius 2 is 1.59 bits per heavy atom. The van der Waals surface area contributed by atoms with Crippen molar-refractivity contribution in [3.8, 4) is 11.3 Å². The predicted molar refractivity (Wildman–Crippen MR) is 87.8 cm³/mol. The summed E-state index contributed by atoms with van der Waals surface area (Å²) in [5.41, 5.74) is 3.46. The SMILES string of the molecule is Cc1ncc(-c2ccc(NC(=O)Nc3ccccc3)cc2)[nH]1. The molecule has 0 saturated heterocycles. The van der Waals surface area contributed by atoms with Crippen LogP contribution in [-0.2, 0) is 0 Å². The summed E-state index contributed by atoms with van der Waals surface area (Å²) in [5.74, 6) is 0.874. The molecule has 5 nitrogen and oxygen atoms in total. The van der Waals surface area contributed by atoms with Crippen molar-refractivity contribution in [1.82, 2.24) is 9.97 Å². The van der Waals surface area contributed by atoms with Crippen LogP contribution < -0.4 is 10.6 Å². The van der Waals surface area contributed by atoms with Gasteiger partial charge in [-0.2, -0.15) is 0 Å². The maximum atomic E-state index is 11.9. The van der Waals surface area contributed by atoms with Crippen LogP contribution >= 0.6 is 0 Å². The maximum absolute atomic E-state index is 11.9. The van der Waals surface area contributed by atoms with Crippen LogP contribution in [0.4, 0.5) is 16.2 Å². The van der Waals surface area contributed by atoms with Crippen molar-refractivity contribution in [2.45, 2.75) is 6.92 Å². The third kappa shape index (κ3) is 3.32. The van der Waals surface area contributed by atoms with Crippen molar-refractivity contribution >= 4 is 17.4 Å². The Bertz CT molecular complexity index is 763. The summed E-state index contributed by atoms with van der Waals surface area (Å²) in [6.07, 6.45) is 1.79. The van der Waals surface area contributed by atoms with E-state index in [4.69, 9.17) is 0 Å². The Hall–Kier alpha value is -3.08. The zero-order valence-electron chi connectivity index (χ0n) is 12.1. The zero-order chi connectivity index (χ0) is 15.4. The van der Waals surface area contributed by atoms with Gasteiger partial charge in [-0.05, 0) is 36.8 Å². The minimum Gasteiger partial charge on any atom is -0.342 e. The van der Waals surface area contributed by atoms with E-state index in [9.17, 15) is 4.79 Å². The van der Waals surface area contributed by atoms with Crippen LogP contribution in [0.1, 0.15) is 5.82 Å². The van der Waals surface area contributed by atoms with Gasteiger partial charge in [0.25, 0.3) is 0 Å². The molecule has 5 heteroatoms. The largest absolute Gasteiger partial charge is 0.342 e. The number of anilines is 2. The summed E-state index contributed by atoms with van der Waals surface area (Å²) in [6.45, 7) is 1.91. The van der Waals surface area contributed by atoms with Crippen molar-refractivity contribution in [3.05, 3.63) is 66.6 Å². The van der Waals surface area contributed by atoms with E-state index in [1.165, 1.54) is 0 Å². The maximum Gasteiger partial charge on any atom is 0.323 e. The number of amides is 2.